The van der Waals surface area contributed by atoms with Gasteiger partial charge in [-0.1, -0.05) is 0 Å². The first-order valence-electron chi connectivity index (χ1n) is 8.82. The molecule has 3 atom stereocenters. The normalized spacial score (nSPS) is 23.5. The third-order valence-electron chi connectivity index (χ3n) is 5.56. The zero-order valence-corrected chi connectivity index (χ0v) is 14.8. The Morgan fingerprint density at radius 1 is 1.23 bits per heavy atom. The van der Waals surface area contributed by atoms with Crippen LogP contribution in [0.1, 0.15) is 28.2 Å². The topological polar surface area (TPSA) is 88.1 Å². The maximum absolute atomic E-state index is 12.7. The summed E-state index contributed by atoms with van der Waals surface area (Å²) in [5.41, 5.74) is 2.88. The first-order chi connectivity index (χ1) is 12.5. The summed E-state index contributed by atoms with van der Waals surface area (Å²) < 4.78 is 0. The number of hydrogen-bond acceptors (Lipinski definition) is 5. The van der Waals surface area contributed by atoms with E-state index in [0.717, 1.165) is 16.9 Å². The second-order valence-corrected chi connectivity index (χ2v) is 7.13. The Labute approximate surface area is 151 Å². The molecule has 1 N–H and O–H groups in total. The number of anilines is 1. The fourth-order valence-corrected chi connectivity index (χ4v) is 3.88. The molecule has 1 saturated carbocycles. The SMILES string of the molecule is Cc1ncnc(C(=O)N2C[C@@H]3C(CC(=O)Nc4cccnc4)[C@@H]3C2)c1C. The van der Waals surface area contributed by atoms with Gasteiger partial charge < -0.3 is 10.2 Å². The molecule has 1 saturated heterocycles. The van der Waals surface area contributed by atoms with Crippen molar-refractivity contribution in [1.82, 2.24) is 19.9 Å². The smallest absolute Gasteiger partial charge is 0.272 e. The van der Waals surface area contributed by atoms with Crippen LogP contribution in [0, 0.1) is 31.6 Å². The highest BCUT2D eigenvalue weighted by Crippen LogP contribution is 2.53. The standard InChI is InChI=1S/C19H21N5O2/c1-11-12(2)21-10-22-18(11)19(26)24-8-15-14(16(15)9-24)6-17(25)23-13-4-3-5-20-7-13/h3-5,7,10,14-16H,6,8-9H2,1-2H3,(H,23,25)/t14?,15-,16+. The van der Waals surface area contributed by atoms with E-state index in [1.807, 2.05) is 24.8 Å². The largest absolute Gasteiger partial charge is 0.337 e. The lowest BCUT2D eigenvalue weighted by molar-refractivity contribution is -0.116. The molecule has 0 spiro atoms. The Balaban J connectivity index is 1.31. The summed E-state index contributed by atoms with van der Waals surface area (Å²) in [5.74, 6) is 1.18. The molecular formula is C19H21N5O2. The number of rotatable bonds is 4. The van der Waals surface area contributed by atoms with Crippen LogP contribution in [0.25, 0.3) is 0 Å². The number of nitrogens with one attached hydrogen (secondary N) is 1. The summed E-state index contributed by atoms with van der Waals surface area (Å²) in [6, 6.07) is 3.62. The van der Waals surface area contributed by atoms with Crippen LogP contribution in [0.2, 0.25) is 0 Å². The molecule has 7 heteroatoms. The first kappa shape index (κ1) is 16.6. The minimum Gasteiger partial charge on any atom is -0.337 e. The molecule has 0 radical (unpaired) electrons. The average Bonchev–Trinajstić information content (AvgIpc) is 3.06. The summed E-state index contributed by atoms with van der Waals surface area (Å²) in [7, 11) is 0. The van der Waals surface area contributed by atoms with Crippen molar-refractivity contribution in [2.24, 2.45) is 17.8 Å². The third-order valence-corrected chi connectivity index (χ3v) is 5.56. The van der Waals surface area contributed by atoms with Gasteiger partial charge in [-0.2, -0.15) is 0 Å². The second-order valence-electron chi connectivity index (χ2n) is 7.13. The van der Waals surface area contributed by atoms with Gasteiger partial charge in [-0.25, -0.2) is 9.97 Å². The van der Waals surface area contributed by atoms with Gasteiger partial charge in [0.1, 0.15) is 12.0 Å². The lowest BCUT2D eigenvalue weighted by atomic mass is 10.1. The molecule has 4 rings (SSSR count). The van der Waals surface area contributed by atoms with Crippen molar-refractivity contribution < 1.29 is 9.59 Å². The van der Waals surface area contributed by atoms with E-state index >= 15 is 0 Å². The van der Waals surface area contributed by atoms with E-state index in [1.165, 1.54) is 6.33 Å². The number of piperidine rings is 1. The van der Waals surface area contributed by atoms with Crippen molar-refractivity contribution in [2.75, 3.05) is 18.4 Å². The van der Waals surface area contributed by atoms with Crippen molar-refractivity contribution >= 4 is 17.5 Å². The molecule has 2 aliphatic rings. The van der Waals surface area contributed by atoms with E-state index in [-0.39, 0.29) is 11.8 Å². The van der Waals surface area contributed by atoms with Crippen LogP contribution in [0.15, 0.2) is 30.9 Å². The highest BCUT2D eigenvalue weighted by molar-refractivity contribution is 5.94. The fraction of sp³-hybridized carbons (Fsp3) is 0.421. The molecule has 0 bridgehead atoms. The number of aryl methyl sites for hydroxylation is 1. The molecule has 134 valence electrons. The predicted octanol–water partition coefficient (Wildman–Crippen LogP) is 1.84. The molecule has 2 amide bonds. The Hall–Kier alpha value is -2.83. The fourth-order valence-electron chi connectivity index (χ4n) is 3.88. The van der Waals surface area contributed by atoms with Crippen molar-refractivity contribution in [2.45, 2.75) is 20.3 Å². The molecule has 2 fully saturated rings. The molecule has 2 aromatic heterocycles. The Kier molecular flexibility index (Phi) is 4.14. The highest BCUT2D eigenvalue weighted by Gasteiger charge is 2.57. The number of fused-ring (bicyclic) bond motifs is 1. The average molecular weight is 351 g/mol. The van der Waals surface area contributed by atoms with Crippen molar-refractivity contribution in [1.29, 1.82) is 0 Å². The molecule has 1 unspecified atom stereocenters. The van der Waals surface area contributed by atoms with Gasteiger partial charge in [0.15, 0.2) is 0 Å². The zero-order valence-electron chi connectivity index (χ0n) is 14.8. The summed E-state index contributed by atoms with van der Waals surface area (Å²) >= 11 is 0. The molecule has 0 aromatic carbocycles. The summed E-state index contributed by atoms with van der Waals surface area (Å²) in [6.07, 6.45) is 5.25. The maximum Gasteiger partial charge on any atom is 0.272 e. The van der Waals surface area contributed by atoms with Gasteiger partial charge in [0.25, 0.3) is 5.91 Å². The van der Waals surface area contributed by atoms with Crippen LogP contribution in [-0.2, 0) is 4.79 Å². The van der Waals surface area contributed by atoms with E-state index in [0.29, 0.717) is 43.0 Å². The molecule has 3 heterocycles. The summed E-state index contributed by atoms with van der Waals surface area (Å²) in [4.78, 5) is 39.0. The number of carbonyl (C=O) groups excluding carboxylic acids is 2. The molecule has 1 aliphatic carbocycles. The van der Waals surface area contributed by atoms with E-state index in [9.17, 15) is 9.59 Å². The van der Waals surface area contributed by atoms with Gasteiger partial charge in [-0.3, -0.25) is 14.6 Å². The van der Waals surface area contributed by atoms with Crippen molar-refractivity contribution in [3.63, 3.8) is 0 Å². The van der Waals surface area contributed by atoms with Gasteiger partial charge in [-0.15, -0.1) is 0 Å². The second kappa shape index (κ2) is 6.48. The molecular weight excluding hydrogens is 330 g/mol. The van der Waals surface area contributed by atoms with Crippen LogP contribution in [-0.4, -0.2) is 44.8 Å². The quantitative estimate of drug-likeness (QED) is 0.908. The van der Waals surface area contributed by atoms with E-state index in [4.69, 9.17) is 0 Å². The maximum atomic E-state index is 12.7. The summed E-state index contributed by atoms with van der Waals surface area (Å²) in [5, 5.41) is 2.88. The first-order valence-corrected chi connectivity index (χ1v) is 8.82. The van der Waals surface area contributed by atoms with Gasteiger partial charge >= 0.3 is 0 Å². The number of nitrogens with zero attached hydrogens (tertiary/aromatic N) is 4. The monoisotopic (exact) mass is 351 g/mol. The minimum absolute atomic E-state index is 0.0116. The highest BCUT2D eigenvalue weighted by atomic mass is 16.2. The van der Waals surface area contributed by atoms with Gasteiger partial charge in [-0.05, 0) is 43.7 Å². The number of amides is 2. The number of likely N-dealkylation sites (tertiary alicyclic amines) is 1. The Morgan fingerprint density at radius 3 is 2.69 bits per heavy atom. The number of pyridine rings is 1. The Bertz CT molecular complexity index is 842. The number of carbonyl (C=O) groups is 2. The van der Waals surface area contributed by atoms with E-state index in [1.54, 1.807) is 18.5 Å². The molecule has 1 aliphatic heterocycles. The van der Waals surface area contributed by atoms with Gasteiger partial charge in [0.05, 0.1) is 11.9 Å². The number of hydrogen-bond donors (Lipinski definition) is 1. The van der Waals surface area contributed by atoms with E-state index in [2.05, 4.69) is 20.3 Å². The lowest BCUT2D eigenvalue weighted by Crippen LogP contribution is -2.33. The molecule has 7 nitrogen and oxygen atoms in total. The van der Waals surface area contributed by atoms with Crippen molar-refractivity contribution in [3.05, 3.63) is 47.8 Å². The van der Waals surface area contributed by atoms with Crippen LogP contribution in [0.3, 0.4) is 0 Å². The van der Waals surface area contributed by atoms with Crippen LogP contribution >= 0.6 is 0 Å². The molecule has 26 heavy (non-hydrogen) atoms. The molecule has 2 aromatic rings. The lowest BCUT2D eigenvalue weighted by Gasteiger charge is -2.20. The minimum atomic E-state index is -0.0289. The van der Waals surface area contributed by atoms with Crippen LogP contribution in [0.5, 0.6) is 0 Å². The van der Waals surface area contributed by atoms with Gasteiger partial charge in [0.2, 0.25) is 5.91 Å². The summed E-state index contributed by atoms with van der Waals surface area (Å²) in [6.45, 7) is 5.17. The van der Waals surface area contributed by atoms with Crippen molar-refractivity contribution in [3.8, 4) is 0 Å². The number of aromatic nitrogens is 3. The van der Waals surface area contributed by atoms with Crippen LogP contribution < -0.4 is 5.32 Å². The predicted molar refractivity (Wildman–Crippen MR) is 95.4 cm³/mol. The zero-order chi connectivity index (χ0) is 18.3. The van der Waals surface area contributed by atoms with Crippen LogP contribution in [0.4, 0.5) is 5.69 Å². The van der Waals surface area contributed by atoms with E-state index < -0.39 is 0 Å². The third kappa shape index (κ3) is 3.05. The van der Waals surface area contributed by atoms with Gasteiger partial charge in [0, 0.05) is 37.0 Å². The Morgan fingerprint density at radius 2 is 2.00 bits per heavy atom.